The van der Waals surface area contributed by atoms with E-state index in [1.165, 1.54) is 11.1 Å². The molecule has 2 aliphatic rings. The van der Waals surface area contributed by atoms with E-state index in [1.807, 2.05) is 6.20 Å². The van der Waals surface area contributed by atoms with E-state index in [2.05, 4.69) is 69.1 Å². The molecule has 1 aliphatic heterocycles. The first-order valence-electron chi connectivity index (χ1n) is 14.0. The number of aliphatic hydroxyl groups is 2. The normalized spacial score (nSPS) is 22.4. The fourth-order valence-corrected chi connectivity index (χ4v) is 5.74. The van der Waals surface area contributed by atoms with Crippen molar-refractivity contribution in [1.82, 2.24) is 24.3 Å². The first kappa shape index (κ1) is 26.1. The zero-order chi connectivity index (χ0) is 25.8. The van der Waals surface area contributed by atoms with Crippen LogP contribution in [-0.4, -0.2) is 86.5 Å². The van der Waals surface area contributed by atoms with Gasteiger partial charge in [0.25, 0.3) is 0 Å². The molecule has 0 radical (unpaired) electrons. The number of nitrogens with zero attached hydrogens (tertiary/aromatic N) is 5. The van der Waals surface area contributed by atoms with E-state index < -0.39 is 0 Å². The van der Waals surface area contributed by atoms with Crippen LogP contribution in [-0.2, 0) is 6.54 Å². The molecule has 1 saturated carbocycles. The minimum absolute atomic E-state index is 0.0528. The minimum Gasteiger partial charge on any atom is -0.394 e. The summed E-state index contributed by atoms with van der Waals surface area (Å²) in [5.41, 5.74) is 4.58. The highest BCUT2D eigenvalue weighted by atomic mass is 16.3. The largest absolute Gasteiger partial charge is 0.394 e. The summed E-state index contributed by atoms with van der Waals surface area (Å²) in [6, 6.07) is 9.21. The zero-order valence-corrected chi connectivity index (χ0v) is 22.3. The molecule has 0 spiro atoms. The number of rotatable bonds is 9. The summed E-state index contributed by atoms with van der Waals surface area (Å²) in [5, 5.41) is 24.2. The Balaban J connectivity index is 1.43. The molecule has 37 heavy (non-hydrogen) atoms. The summed E-state index contributed by atoms with van der Waals surface area (Å²) in [5.74, 6) is 0.560. The third-order valence-electron chi connectivity index (χ3n) is 8.09. The first-order valence-corrected chi connectivity index (χ1v) is 14.0. The van der Waals surface area contributed by atoms with Crippen LogP contribution < -0.4 is 5.32 Å². The fraction of sp³-hybridized carbons (Fsp3) is 0.586. The number of benzene rings is 1. The van der Waals surface area contributed by atoms with E-state index in [0.29, 0.717) is 12.0 Å². The molecule has 1 atom stereocenters. The molecule has 200 valence electrons. The molecule has 5 rings (SSSR count). The van der Waals surface area contributed by atoms with Gasteiger partial charge in [-0.1, -0.05) is 37.6 Å². The van der Waals surface area contributed by atoms with Crippen molar-refractivity contribution in [2.24, 2.45) is 0 Å². The predicted octanol–water partition coefficient (Wildman–Crippen LogP) is 3.89. The van der Waals surface area contributed by atoms with Crippen molar-refractivity contribution in [3.63, 3.8) is 0 Å². The number of likely N-dealkylation sites (N-methyl/N-ethyl adjacent to an activating group) is 1. The van der Waals surface area contributed by atoms with Crippen LogP contribution in [0.3, 0.4) is 0 Å². The van der Waals surface area contributed by atoms with Crippen molar-refractivity contribution in [3.8, 4) is 11.1 Å². The lowest BCUT2D eigenvalue weighted by Crippen LogP contribution is -2.43. The molecule has 0 unspecified atom stereocenters. The van der Waals surface area contributed by atoms with Crippen molar-refractivity contribution in [3.05, 3.63) is 42.2 Å². The maximum Gasteiger partial charge on any atom is 0.224 e. The summed E-state index contributed by atoms with van der Waals surface area (Å²) in [6.45, 7) is 7.65. The molecule has 0 bridgehead atoms. The van der Waals surface area contributed by atoms with Crippen molar-refractivity contribution in [2.75, 3.05) is 45.2 Å². The van der Waals surface area contributed by atoms with Crippen LogP contribution in [0.25, 0.3) is 22.2 Å². The third kappa shape index (κ3) is 6.14. The number of hydrogen-bond donors (Lipinski definition) is 3. The summed E-state index contributed by atoms with van der Waals surface area (Å²) in [7, 11) is 2.19. The Morgan fingerprint density at radius 2 is 1.78 bits per heavy atom. The highest BCUT2D eigenvalue weighted by Crippen LogP contribution is 2.37. The average molecular weight is 507 g/mol. The lowest BCUT2D eigenvalue weighted by atomic mass is 9.93. The van der Waals surface area contributed by atoms with Crippen molar-refractivity contribution in [1.29, 1.82) is 0 Å². The van der Waals surface area contributed by atoms with Gasteiger partial charge in [-0.25, -0.2) is 4.98 Å². The maximum absolute atomic E-state index is 10.1. The Kier molecular flexibility index (Phi) is 8.39. The standard InChI is InChI=1S/C29H42N6O2/c1-3-4-23(20-36)31-29-30-17-26-27(19-35(28(26)32-29)24-9-11-25(37)12-10-24)22-7-5-21(6-8-22)18-34-15-13-33(2)14-16-34/h5-8,17,19,23-25,36-37H,3-4,9-16,18,20H2,1-2H3,(H,30,31,32)/t23-,24?,25?/m1/s1. The maximum atomic E-state index is 10.1. The predicted molar refractivity (Wildman–Crippen MR) is 149 cm³/mol. The molecule has 8 nitrogen and oxygen atoms in total. The van der Waals surface area contributed by atoms with Gasteiger partial charge < -0.3 is 25.0 Å². The summed E-state index contributed by atoms with van der Waals surface area (Å²) in [6.07, 6.45) is 9.33. The molecule has 2 aromatic heterocycles. The van der Waals surface area contributed by atoms with Crippen LogP contribution in [0, 0.1) is 0 Å². The Morgan fingerprint density at radius 1 is 1.05 bits per heavy atom. The topological polar surface area (TPSA) is 89.7 Å². The lowest BCUT2D eigenvalue weighted by Gasteiger charge is -2.32. The number of fused-ring (bicyclic) bond motifs is 1. The van der Waals surface area contributed by atoms with E-state index >= 15 is 0 Å². The number of hydrogen-bond acceptors (Lipinski definition) is 7. The van der Waals surface area contributed by atoms with Crippen molar-refractivity contribution < 1.29 is 10.2 Å². The molecule has 3 aromatic rings. The van der Waals surface area contributed by atoms with E-state index in [4.69, 9.17) is 4.98 Å². The molecule has 1 saturated heterocycles. The summed E-state index contributed by atoms with van der Waals surface area (Å²) in [4.78, 5) is 14.5. The summed E-state index contributed by atoms with van der Waals surface area (Å²) >= 11 is 0. The van der Waals surface area contributed by atoms with Gasteiger partial charge in [0, 0.05) is 62.1 Å². The SMILES string of the molecule is CCC[C@H](CO)Nc1ncc2c(-c3ccc(CN4CCN(C)CC4)cc3)cn(C3CCC(O)CC3)c2n1. The number of aromatic nitrogens is 3. The second-order valence-corrected chi connectivity index (χ2v) is 10.9. The van der Waals surface area contributed by atoms with Crippen LogP contribution >= 0.6 is 0 Å². The number of aliphatic hydroxyl groups excluding tert-OH is 2. The highest BCUT2D eigenvalue weighted by Gasteiger charge is 2.24. The van der Waals surface area contributed by atoms with Crippen LogP contribution in [0.5, 0.6) is 0 Å². The van der Waals surface area contributed by atoms with Crippen molar-refractivity contribution in [2.45, 2.75) is 70.2 Å². The summed E-state index contributed by atoms with van der Waals surface area (Å²) < 4.78 is 2.30. The van der Waals surface area contributed by atoms with Crippen LogP contribution in [0.1, 0.15) is 57.1 Å². The van der Waals surface area contributed by atoms with Gasteiger partial charge in [-0.2, -0.15) is 4.98 Å². The van der Waals surface area contributed by atoms with Crippen LogP contribution in [0.2, 0.25) is 0 Å². The van der Waals surface area contributed by atoms with E-state index in [-0.39, 0.29) is 18.8 Å². The second-order valence-electron chi connectivity index (χ2n) is 10.9. The second kappa shape index (κ2) is 11.9. The van der Waals surface area contributed by atoms with Gasteiger partial charge in [-0.15, -0.1) is 0 Å². The smallest absolute Gasteiger partial charge is 0.224 e. The fourth-order valence-electron chi connectivity index (χ4n) is 5.74. The molecular weight excluding hydrogens is 464 g/mol. The zero-order valence-electron chi connectivity index (χ0n) is 22.3. The molecule has 3 heterocycles. The number of nitrogens with one attached hydrogen (secondary N) is 1. The van der Waals surface area contributed by atoms with E-state index in [9.17, 15) is 10.2 Å². The van der Waals surface area contributed by atoms with Gasteiger partial charge in [0.15, 0.2) is 0 Å². The number of anilines is 1. The Bertz CT molecular complexity index is 1150. The monoisotopic (exact) mass is 506 g/mol. The van der Waals surface area contributed by atoms with E-state index in [1.54, 1.807) is 0 Å². The molecule has 8 heteroatoms. The van der Waals surface area contributed by atoms with Gasteiger partial charge in [-0.3, -0.25) is 4.90 Å². The van der Waals surface area contributed by atoms with Crippen LogP contribution in [0.4, 0.5) is 5.95 Å². The van der Waals surface area contributed by atoms with Gasteiger partial charge >= 0.3 is 0 Å². The lowest BCUT2D eigenvalue weighted by molar-refractivity contribution is 0.111. The average Bonchev–Trinajstić information content (AvgIpc) is 3.29. The highest BCUT2D eigenvalue weighted by molar-refractivity contribution is 5.94. The quantitative estimate of drug-likeness (QED) is 0.406. The Labute approximate surface area is 220 Å². The van der Waals surface area contributed by atoms with Gasteiger partial charge in [0.2, 0.25) is 5.95 Å². The molecular formula is C29H42N6O2. The molecule has 2 fully saturated rings. The van der Waals surface area contributed by atoms with Gasteiger partial charge in [0.05, 0.1) is 18.8 Å². The molecule has 1 aliphatic carbocycles. The molecule has 0 amide bonds. The molecule has 1 aromatic carbocycles. The Morgan fingerprint density at radius 3 is 2.46 bits per heavy atom. The third-order valence-corrected chi connectivity index (χ3v) is 8.09. The number of piperazine rings is 1. The van der Waals surface area contributed by atoms with Crippen LogP contribution in [0.15, 0.2) is 36.7 Å². The van der Waals surface area contributed by atoms with E-state index in [0.717, 1.165) is 87.8 Å². The van der Waals surface area contributed by atoms with Gasteiger partial charge in [-0.05, 0) is 50.3 Å². The molecule has 3 N–H and O–H groups in total. The Hall–Kier alpha value is -2.52. The van der Waals surface area contributed by atoms with Gasteiger partial charge in [0.1, 0.15) is 5.65 Å². The first-order chi connectivity index (χ1) is 18.0. The van der Waals surface area contributed by atoms with Crippen molar-refractivity contribution >= 4 is 17.0 Å². The minimum atomic E-state index is -0.198.